The molecule has 0 atom stereocenters. The van der Waals surface area contributed by atoms with Crippen LogP contribution in [-0.4, -0.2) is 17.0 Å². The number of carbonyl (C=O) groups is 2. The van der Waals surface area contributed by atoms with E-state index in [1.54, 1.807) is 36.4 Å². The molecule has 0 spiro atoms. The van der Waals surface area contributed by atoms with Crippen LogP contribution in [0.4, 0.5) is 0 Å². The SMILES string of the molecule is NC1=NC(=O)/C(=C/c2ccc(OC(=O)c3cccc4ccccc34)cc2)S1. The summed E-state index contributed by atoms with van der Waals surface area (Å²) in [7, 11) is 0. The van der Waals surface area contributed by atoms with E-state index in [4.69, 9.17) is 10.5 Å². The van der Waals surface area contributed by atoms with Crippen LogP contribution in [0, 0.1) is 0 Å². The molecule has 5 nitrogen and oxygen atoms in total. The monoisotopic (exact) mass is 374 g/mol. The number of carbonyl (C=O) groups excluding carboxylic acids is 2. The van der Waals surface area contributed by atoms with Crippen LogP contribution >= 0.6 is 11.8 Å². The van der Waals surface area contributed by atoms with Crippen molar-refractivity contribution in [2.24, 2.45) is 10.7 Å². The van der Waals surface area contributed by atoms with Crippen LogP contribution in [0.1, 0.15) is 15.9 Å². The van der Waals surface area contributed by atoms with Crippen molar-refractivity contribution in [3.8, 4) is 5.75 Å². The van der Waals surface area contributed by atoms with Crippen molar-refractivity contribution in [3.05, 3.63) is 82.8 Å². The van der Waals surface area contributed by atoms with Gasteiger partial charge in [-0.15, -0.1) is 0 Å². The largest absolute Gasteiger partial charge is 0.423 e. The zero-order valence-corrected chi connectivity index (χ0v) is 14.9. The van der Waals surface area contributed by atoms with Crippen LogP contribution in [0.5, 0.6) is 5.75 Å². The summed E-state index contributed by atoms with van der Waals surface area (Å²) in [5.41, 5.74) is 6.84. The quantitative estimate of drug-likeness (QED) is 0.426. The topological polar surface area (TPSA) is 81.8 Å². The zero-order chi connectivity index (χ0) is 18.8. The maximum atomic E-state index is 12.6. The Balaban J connectivity index is 1.52. The minimum Gasteiger partial charge on any atom is -0.423 e. The van der Waals surface area contributed by atoms with Crippen LogP contribution in [0.3, 0.4) is 0 Å². The summed E-state index contributed by atoms with van der Waals surface area (Å²) in [4.78, 5) is 28.3. The van der Waals surface area contributed by atoms with E-state index >= 15 is 0 Å². The normalized spacial score (nSPS) is 15.2. The van der Waals surface area contributed by atoms with Gasteiger partial charge in [-0.1, -0.05) is 48.5 Å². The number of fused-ring (bicyclic) bond motifs is 1. The number of thioether (sulfide) groups is 1. The molecule has 0 saturated heterocycles. The lowest BCUT2D eigenvalue weighted by molar-refractivity contribution is -0.113. The van der Waals surface area contributed by atoms with Gasteiger partial charge in [0.1, 0.15) is 5.75 Å². The molecule has 1 heterocycles. The molecule has 0 aromatic heterocycles. The molecule has 0 fully saturated rings. The molecule has 6 heteroatoms. The molecule has 0 bridgehead atoms. The second-order valence-electron chi connectivity index (χ2n) is 5.85. The molecule has 3 aromatic carbocycles. The Bertz CT molecular complexity index is 1110. The van der Waals surface area contributed by atoms with Gasteiger partial charge in [-0.05, 0) is 52.4 Å². The predicted molar refractivity (Wildman–Crippen MR) is 108 cm³/mol. The number of amides is 1. The van der Waals surface area contributed by atoms with Crippen molar-refractivity contribution in [1.29, 1.82) is 0 Å². The summed E-state index contributed by atoms with van der Waals surface area (Å²) in [6.45, 7) is 0. The Morgan fingerprint density at radius 2 is 1.74 bits per heavy atom. The Kier molecular flexibility index (Phi) is 4.48. The van der Waals surface area contributed by atoms with Crippen molar-refractivity contribution in [1.82, 2.24) is 0 Å². The van der Waals surface area contributed by atoms with Crippen LogP contribution in [0.2, 0.25) is 0 Å². The summed E-state index contributed by atoms with van der Waals surface area (Å²) >= 11 is 1.14. The molecule has 4 rings (SSSR count). The minimum absolute atomic E-state index is 0.242. The highest BCUT2D eigenvalue weighted by atomic mass is 32.2. The third kappa shape index (κ3) is 3.61. The third-order valence-corrected chi connectivity index (χ3v) is 4.85. The van der Waals surface area contributed by atoms with Gasteiger partial charge in [0.15, 0.2) is 5.17 Å². The standard InChI is InChI=1S/C21H14N2O3S/c22-21-23-19(24)18(27-21)12-13-8-10-15(11-9-13)26-20(25)17-7-3-5-14-4-1-2-6-16(14)17/h1-12H,(H2,22,23,24)/b18-12-. The molecule has 132 valence electrons. The van der Waals surface area contributed by atoms with E-state index in [1.165, 1.54) is 0 Å². The van der Waals surface area contributed by atoms with Gasteiger partial charge in [0, 0.05) is 0 Å². The van der Waals surface area contributed by atoms with Gasteiger partial charge in [-0.2, -0.15) is 4.99 Å². The first kappa shape index (κ1) is 17.1. The maximum Gasteiger partial charge on any atom is 0.344 e. The number of ether oxygens (including phenoxy) is 1. The van der Waals surface area contributed by atoms with Crippen molar-refractivity contribution in [2.45, 2.75) is 0 Å². The smallest absolute Gasteiger partial charge is 0.344 e. The number of aliphatic imine (C=N–C) groups is 1. The molecular weight excluding hydrogens is 360 g/mol. The molecule has 27 heavy (non-hydrogen) atoms. The fraction of sp³-hybridized carbons (Fsp3) is 0. The molecule has 0 aliphatic carbocycles. The average molecular weight is 374 g/mol. The van der Waals surface area contributed by atoms with E-state index in [0.29, 0.717) is 16.2 Å². The number of esters is 1. The molecule has 1 aliphatic rings. The molecule has 0 saturated carbocycles. The first-order chi connectivity index (χ1) is 13.1. The van der Waals surface area contributed by atoms with Crippen molar-refractivity contribution >= 4 is 45.7 Å². The highest BCUT2D eigenvalue weighted by molar-refractivity contribution is 8.18. The van der Waals surface area contributed by atoms with Gasteiger partial charge in [-0.3, -0.25) is 4.79 Å². The number of hydrogen-bond acceptors (Lipinski definition) is 5. The van der Waals surface area contributed by atoms with E-state index in [9.17, 15) is 9.59 Å². The van der Waals surface area contributed by atoms with Gasteiger partial charge < -0.3 is 10.5 Å². The number of rotatable bonds is 3. The fourth-order valence-corrected chi connectivity index (χ4v) is 3.46. The second-order valence-corrected chi connectivity index (χ2v) is 6.91. The molecule has 2 N–H and O–H groups in total. The first-order valence-corrected chi connectivity index (χ1v) is 9.00. The highest BCUT2D eigenvalue weighted by Crippen LogP contribution is 2.27. The number of amidine groups is 1. The Morgan fingerprint density at radius 3 is 2.48 bits per heavy atom. The second kappa shape index (κ2) is 7.09. The van der Waals surface area contributed by atoms with Crippen molar-refractivity contribution in [3.63, 3.8) is 0 Å². The number of hydrogen-bond donors (Lipinski definition) is 1. The molecule has 1 aliphatic heterocycles. The molecule has 0 unspecified atom stereocenters. The van der Waals surface area contributed by atoms with Crippen LogP contribution in [0.15, 0.2) is 76.6 Å². The lowest BCUT2D eigenvalue weighted by Crippen LogP contribution is -2.09. The lowest BCUT2D eigenvalue weighted by Gasteiger charge is -2.07. The van der Waals surface area contributed by atoms with Gasteiger partial charge in [0.25, 0.3) is 5.91 Å². The van der Waals surface area contributed by atoms with E-state index in [-0.39, 0.29) is 11.1 Å². The lowest BCUT2D eigenvalue weighted by atomic mass is 10.0. The number of nitrogens with zero attached hydrogens (tertiary/aromatic N) is 1. The van der Waals surface area contributed by atoms with Crippen LogP contribution in [-0.2, 0) is 4.79 Å². The van der Waals surface area contributed by atoms with E-state index in [1.807, 2.05) is 36.4 Å². The molecule has 3 aromatic rings. The molecule has 1 amide bonds. The van der Waals surface area contributed by atoms with E-state index < -0.39 is 5.97 Å². The first-order valence-electron chi connectivity index (χ1n) is 8.18. The maximum absolute atomic E-state index is 12.6. The summed E-state index contributed by atoms with van der Waals surface area (Å²) in [6.07, 6.45) is 1.70. The highest BCUT2D eigenvalue weighted by Gasteiger charge is 2.19. The Morgan fingerprint density at radius 1 is 1.00 bits per heavy atom. The zero-order valence-electron chi connectivity index (χ0n) is 14.1. The Labute approximate surface area is 159 Å². The molecule has 0 radical (unpaired) electrons. The number of nitrogens with two attached hydrogens (primary N) is 1. The van der Waals surface area contributed by atoms with Crippen molar-refractivity contribution < 1.29 is 14.3 Å². The Hall–Kier alpha value is -3.38. The van der Waals surface area contributed by atoms with E-state index in [2.05, 4.69) is 4.99 Å². The molecular formula is C21H14N2O3S. The summed E-state index contributed by atoms with van der Waals surface area (Å²) in [6, 6.07) is 20.1. The minimum atomic E-state index is -0.416. The van der Waals surface area contributed by atoms with Gasteiger partial charge in [0.2, 0.25) is 0 Å². The van der Waals surface area contributed by atoms with Gasteiger partial charge in [-0.25, -0.2) is 4.79 Å². The van der Waals surface area contributed by atoms with Gasteiger partial charge in [0.05, 0.1) is 10.5 Å². The van der Waals surface area contributed by atoms with Gasteiger partial charge >= 0.3 is 5.97 Å². The van der Waals surface area contributed by atoms with Crippen molar-refractivity contribution in [2.75, 3.05) is 0 Å². The number of benzene rings is 3. The van der Waals surface area contributed by atoms with E-state index in [0.717, 1.165) is 28.1 Å². The predicted octanol–water partition coefficient (Wildman–Crippen LogP) is 3.99. The summed E-state index contributed by atoms with van der Waals surface area (Å²) in [5.74, 6) is -0.333. The third-order valence-electron chi connectivity index (χ3n) is 4.04. The van der Waals surface area contributed by atoms with Crippen LogP contribution < -0.4 is 10.5 Å². The summed E-state index contributed by atoms with van der Waals surface area (Å²) < 4.78 is 5.50. The average Bonchev–Trinajstić information content (AvgIpc) is 2.99. The summed E-state index contributed by atoms with van der Waals surface area (Å²) in [5, 5.41) is 2.07. The fourth-order valence-electron chi connectivity index (χ4n) is 2.77. The van der Waals surface area contributed by atoms with Crippen LogP contribution in [0.25, 0.3) is 16.8 Å².